The minimum Gasteiger partial charge on any atom is -0.495 e. The maximum Gasteiger partial charge on any atom is 0.330 e. The summed E-state index contributed by atoms with van der Waals surface area (Å²) in [6.45, 7) is 2.52. The minimum absolute atomic E-state index is 0.303. The minimum atomic E-state index is -0.449. The van der Waals surface area contributed by atoms with Gasteiger partial charge in [-0.25, -0.2) is 14.8 Å². The lowest BCUT2D eigenvalue weighted by molar-refractivity contribution is -0.137. The van der Waals surface area contributed by atoms with Crippen LogP contribution in [0.2, 0.25) is 10.0 Å². The van der Waals surface area contributed by atoms with Gasteiger partial charge in [0.25, 0.3) is 0 Å². The van der Waals surface area contributed by atoms with E-state index in [0.29, 0.717) is 46.1 Å². The molecule has 0 atom stereocenters. The highest BCUT2D eigenvalue weighted by Crippen LogP contribution is 2.27. The fraction of sp³-hybridized carbons (Fsp3) is 0.190. The molecule has 150 valence electrons. The van der Waals surface area contributed by atoms with Crippen molar-refractivity contribution in [3.05, 3.63) is 63.9 Å². The average Bonchev–Trinajstić information content (AvgIpc) is 2.71. The van der Waals surface area contributed by atoms with Crippen LogP contribution in [0.5, 0.6) is 5.75 Å². The van der Waals surface area contributed by atoms with E-state index < -0.39 is 5.97 Å². The first-order valence-corrected chi connectivity index (χ1v) is 9.64. The van der Waals surface area contributed by atoms with Gasteiger partial charge in [-0.2, -0.15) is 0 Å². The smallest absolute Gasteiger partial charge is 0.330 e. The van der Waals surface area contributed by atoms with Crippen LogP contribution in [0.3, 0.4) is 0 Å². The lowest BCUT2D eigenvalue weighted by atomic mass is 10.2. The van der Waals surface area contributed by atoms with Gasteiger partial charge < -0.3 is 14.8 Å². The molecule has 1 N–H and O–H groups in total. The van der Waals surface area contributed by atoms with Gasteiger partial charge in [-0.3, -0.25) is 0 Å². The zero-order chi connectivity index (χ0) is 20.8. The van der Waals surface area contributed by atoms with Crippen LogP contribution in [0.15, 0.2) is 42.5 Å². The summed E-state index contributed by atoms with van der Waals surface area (Å²) < 4.78 is 10.1. The third-order valence-electron chi connectivity index (χ3n) is 4.01. The number of aromatic nitrogens is 2. The van der Waals surface area contributed by atoms with Gasteiger partial charge in [0.15, 0.2) is 5.82 Å². The van der Waals surface area contributed by atoms with Gasteiger partial charge in [0.2, 0.25) is 0 Å². The van der Waals surface area contributed by atoms with Crippen molar-refractivity contribution in [2.24, 2.45) is 0 Å². The molecule has 0 aliphatic carbocycles. The van der Waals surface area contributed by atoms with Crippen LogP contribution in [-0.2, 0) is 16.1 Å². The van der Waals surface area contributed by atoms with Crippen molar-refractivity contribution in [2.45, 2.75) is 13.5 Å². The molecular formula is C21H19Cl2N3O3. The van der Waals surface area contributed by atoms with Crippen molar-refractivity contribution >= 4 is 52.0 Å². The number of anilines is 1. The number of methoxy groups -OCH3 is 1. The molecule has 3 aromatic rings. The van der Waals surface area contributed by atoms with Crippen LogP contribution in [-0.4, -0.2) is 29.7 Å². The number of hydrogen-bond donors (Lipinski definition) is 1. The van der Waals surface area contributed by atoms with E-state index in [-0.39, 0.29) is 0 Å². The Morgan fingerprint density at radius 3 is 2.72 bits per heavy atom. The van der Waals surface area contributed by atoms with Crippen molar-refractivity contribution in [1.29, 1.82) is 0 Å². The number of hydrogen-bond acceptors (Lipinski definition) is 6. The van der Waals surface area contributed by atoms with E-state index in [9.17, 15) is 4.79 Å². The lowest BCUT2D eigenvalue weighted by Gasteiger charge is -2.11. The Hall–Kier alpha value is -2.83. The van der Waals surface area contributed by atoms with E-state index in [1.165, 1.54) is 12.2 Å². The number of rotatable bonds is 7. The summed E-state index contributed by atoms with van der Waals surface area (Å²) in [6.07, 6.45) is 2.81. The molecule has 0 amide bonds. The summed E-state index contributed by atoms with van der Waals surface area (Å²) >= 11 is 12.3. The Balaban J connectivity index is 1.91. The molecule has 6 nitrogen and oxygen atoms in total. The van der Waals surface area contributed by atoms with Gasteiger partial charge in [-0.05, 0) is 48.9 Å². The number of fused-ring (bicyclic) bond motifs is 1. The maximum atomic E-state index is 11.6. The fourth-order valence-corrected chi connectivity index (χ4v) is 3.12. The van der Waals surface area contributed by atoms with Crippen molar-refractivity contribution in [1.82, 2.24) is 9.97 Å². The van der Waals surface area contributed by atoms with Crippen LogP contribution >= 0.6 is 23.2 Å². The highest BCUT2D eigenvalue weighted by Gasteiger charge is 2.09. The highest BCUT2D eigenvalue weighted by molar-refractivity contribution is 6.32. The van der Waals surface area contributed by atoms with Gasteiger partial charge in [0, 0.05) is 23.0 Å². The van der Waals surface area contributed by atoms with Gasteiger partial charge in [-0.15, -0.1) is 0 Å². The van der Waals surface area contributed by atoms with Crippen molar-refractivity contribution in [3.8, 4) is 5.75 Å². The highest BCUT2D eigenvalue weighted by atomic mass is 35.5. The SMILES string of the molecule is CCOC(=O)/C=C/c1nc(NCc2ccc(OC)c(Cl)c2)c2cc(Cl)ccc2n1. The number of esters is 1. The molecule has 0 fully saturated rings. The van der Waals surface area contributed by atoms with E-state index in [2.05, 4.69) is 15.3 Å². The summed E-state index contributed by atoms with van der Waals surface area (Å²) in [4.78, 5) is 20.6. The van der Waals surface area contributed by atoms with Crippen molar-refractivity contribution in [3.63, 3.8) is 0 Å². The second kappa shape index (κ2) is 9.58. The molecule has 0 spiro atoms. The normalized spacial score (nSPS) is 11.0. The predicted octanol–water partition coefficient (Wildman–Crippen LogP) is 5.13. The fourth-order valence-electron chi connectivity index (χ4n) is 2.67. The molecule has 2 aromatic carbocycles. The maximum absolute atomic E-state index is 11.6. The third kappa shape index (κ3) is 5.37. The number of ether oxygens (including phenoxy) is 2. The van der Waals surface area contributed by atoms with Crippen LogP contribution < -0.4 is 10.1 Å². The predicted molar refractivity (Wildman–Crippen MR) is 116 cm³/mol. The first kappa shape index (κ1) is 20.9. The van der Waals surface area contributed by atoms with Crippen LogP contribution in [0.4, 0.5) is 5.82 Å². The Morgan fingerprint density at radius 1 is 1.17 bits per heavy atom. The number of halogens is 2. The Labute approximate surface area is 178 Å². The first-order chi connectivity index (χ1) is 14.0. The quantitative estimate of drug-likeness (QED) is 0.412. The van der Waals surface area contributed by atoms with Gasteiger partial charge in [0.05, 0.1) is 24.3 Å². The second-order valence-corrected chi connectivity index (χ2v) is 6.84. The van der Waals surface area contributed by atoms with Crippen molar-refractivity contribution in [2.75, 3.05) is 19.0 Å². The van der Waals surface area contributed by atoms with Crippen molar-refractivity contribution < 1.29 is 14.3 Å². The lowest BCUT2D eigenvalue weighted by Crippen LogP contribution is -2.05. The molecule has 0 aliphatic heterocycles. The first-order valence-electron chi connectivity index (χ1n) is 8.88. The third-order valence-corrected chi connectivity index (χ3v) is 4.54. The Morgan fingerprint density at radius 2 is 2.00 bits per heavy atom. The van der Waals surface area contributed by atoms with E-state index in [1.807, 2.05) is 18.2 Å². The Bertz CT molecular complexity index is 1070. The number of carbonyl (C=O) groups excluding carboxylic acids is 1. The van der Waals surface area contributed by atoms with Crippen LogP contribution in [0, 0.1) is 0 Å². The number of carbonyl (C=O) groups is 1. The largest absolute Gasteiger partial charge is 0.495 e. The monoisotopic (exact) mass is 431 g/mol. The molecule has 0 saturated carbocycles. The molecule has 8 heteroatoms. The Kier molecular flexibility index (Phi) is 6.90. The van der Waals surface area contributed by atoms with Crippen LogP contribution in [0.25, 0.3) is 17.0 Å². The number of nitrogens with one attached hydrogen (secondary N) is 1. The molecule has 1 aromatic heterocycles. The summed E-state index contributed by atoms with van der Waals surface area (Å²) in [7, 11) is 1.57. The zero-order valence-corrected chi connectivity index (χ0v) is 17.4. The molecule has 0 aliphatic rings. The second-order valence-electron chi connectivity index (χ2n) is 6.00. The van der Waals surface area contributed by atoms with E-state index in [4.69, 9.17) is 32.7 Å². The van der Waals surface area contributed by atoms with E-state index in [1.54, 1.807) is 32.2 Å². The molecule has 1 heterocycles. The summed E-state index contributed by atoms with van der Waals surface area (Å²) in [5.74, 6) is 1.13. The standard InChI is InChI=1S/C21H19Cl2N3O3/c1-3-29-20(27)9-8-19-25-17-6-5-14(22)11-15(17)21(26-19)24-12-13-4-7-18(28-2)16(23)10-13/h4-11H,3,12H2,1-2H3,(H,24,25,26)/b9-8+. The van der Waals surface area contributed by atoms with Gasteiger partial charge >= 0.3 is 5.97 Å². The summed E-state index contributed by atoms with van der Waals surface area (Å²) in [5, 5.41) is 5.16. The molecule has 29 heavy (non-hydrogen) atoms. The molecule has 0 unspecified atom stereocenters. The molecule has 3 rings (SSSR count). The van der Waals surface area contributed by atoms with Gasteiger partial charge in [0.1, 0.15) is 11.6 Å². The van der Waals surface area contributed by atoms with E-state index >= 15 is 0 Å². The average molecular weight is 432 g/mol. The zero-order valence-electron chi connectivity index (χ0n) is 15.9. The summed E-state index contributed by atoms with van der Waals surface area (Å²) in [6, 6.07) is 10.9. The van der Waals surface area contributed by atoms with Crippen LogP contribution in [0.1, 0.15) is 18.3 Å². The molecule has 0 radical (unpaired) electrons. The van der Waals surface area contributed by atoms with Gasteiger partial charge in [-0.1, -0.05) is 29.3 Å². The number of benzene rings is 2. The van der Waals surface area contributed by atoms with E-state index in [0.717, 1.165) is 10.9 Å². The topological polar surface area (TPSA) is 73.3 Å². The number of nitrogens with zero attached hydrogens (tertiary/aromatic N) is 2. The molecule has 0 bridgehead atoms. The molecular weight excluding hydrogens is 413 g/mol. The summed E-state index contributed by atoms with van der Waals surface area (Å²) in [5.41, 5.74) is 1.65. The molecule has 0 saturated heterocycles.